The minimum absolute atomic E-state index is 0.201. The van der Waals surface area contributed by atoms with Gasteiger partial charge in [-0.15, -0.1) is 0 Å². The normalized spacial score (nSPS) is 13.2. The summed E-state index contributed by atoms with van der Waals surface area (Å²) in [5.41, 5.74) is 3.33. The molecule has 8 heteroatoms. The van der Waals surface area contributed by atoms with Crippen molar-refractivity contribution < 1.29 is 9.18 Å². The Balaban J connectivity index is 1.50. The van der Waals surface area contributed by atoms with Gasteiger partial charge in [0.15, 0.2) is 5.82 Å². The molecular formula is C21H17FN6O. The highest BCUT2D eigenvalue weighted by atomic mass is 19.1. The molecule has 5 rings (SSSR count). The molecule has 3 N–H and O–H groups in total. The summed E-state index contributed by atoms with van der Waals surface area (Å²) in [5, 5.41) is 6.11. The van der Waals surface area contributed by atoms with Crippen molar-refractivity contribution in [2.75, 3.05) is 11.9 Å². The van der Waals surface area contributed by atoms with E-state index in [1.165, 1.54) is 12.1 Å². The van der Waals surface area contributed by atoms with E-state index in [1.54, 1.807) is 6.07 Å². The van der Waals surface area contributed by atoms with Gasteiger partial charge in [0, 0.05) is 17.7 Å². The van der Waals surface area contributed by atoms with E-state index in [2.05, 4.69) is 30.6 Å². The van der Waals surface area contributed by atoms with E-state index in [9.17, 15) is 9.18 Å². The molecule has 0 aliphatic carbocycles. The Hall–Kier alpha value is -3.81. The zero-order valence-electron chi connectivity index (χ0n) is 15.4. The zero-order chi connectivity index (χ0) is 19.8. The number of anilines is 1. The maximum Gasteiger partial charge on any atom is 0.270 e. The molecule has 144 valence electrons. The standard InChI is InChI=1S/C21H17FN6O/c22-13-6-7-15-16(10-13)26-17(25-15)11-24-20-14-8-9-23-21(29)18(14)27-19(28-20)12-4-2-1-3-5-12/h1-7,10H,8-9,11H2,(H,23,29)(H,25,26)(H,24,27,28). The van der Waals surface area contributed by atoms with Gasteiger partial charge >= 0.3 is 0 Å². The lowest BCUT2D eigenvalue weighted by molar-refractivity contribution is 0.0940. The molecule has 7 nitrogen and oxygen atoms in total. The summed E-state index contributed by atoms with van der Waals surface area (Å²) in [7, 11) is 0. The van der Waals surface area contributed by atoms with Crippen molar-refractivity contribution in [3.8, 4) is 11.4 Å². The Labute approximate surface area is 165 Å². The van der Waals surface area contributed by atoms with Crippen LogP contribution in [0.4, 0.5) is 10.2 Å². The van der Waals surface area contributed by atoms with Crippen molar-refractivity contribution in [3.63, 3.8) is 0 Å². The number of hydrogen-bond acceptors (Lipinski definition) is 5. The van der Waals surface area contributed by atoms with Crippen LogP contribution in [0.5, 0.6) is 0 Å². The van der Waals surface area contributed by atoms with Gasteiger partial charge in [0.25, 0.3) is 5.91 Å². The van der Waals surface area contributed by atoms with Crippen LogP contribution in [-0.2, 0) is 13.0 Å². The van der Waals surface area contributed by atoms with Crippen LogP contribution in [0.15, 0.2) is 48.5 Å². The number of halogens is 1. The number of imidazole rings is 1. The van der Waals surface area contributed by atoms with Gasteiger partial charge in [0.05, 0.1) is 17.6 Å². The Bertz CT molecular complexity index is 1220. The van der Waals surface area contributed by atoms with Crippen LogP contribution in [0.25, 0.3) is 22.4 Å². The number of aromatic nitrogens is 4. The molecule has 2 aromatic carbocycles. The van der Waals surface area contributed by atoms with Crippen molar-refractivity contribution in [1.82, 2.24) is 25.3 Å². The van der Waals surface area contributed by atoms with E-state index in [1.807, 2.05) is 30.3 Å². The SMILES string of the molecule is O=C1NCCc2c(NCc3nc4ccc(F)cc4[nH]3)nc(-c3ccccc3)nc21. The van der Waals surface area contributed by atoms with Gasteiger partial charge < -0.3 is 15.6 Å². The second-order valence-corrected chi connectivity index (χ2v) is 6.79. The van der Waals surface area contributed by atoms with Crippen molar-refractivity contribution in [3.05, 3.63) is 71.4 Å². The summed E-state index contributed by atoms with van der Waals surface area (Å²) in [6, 6.07) is 14.0. The summed E-state index contributed by atoms with van der Waals surface area (Å²) >= 11 is 0. The van der Waals surface area contributed by atoms with Crippen LogP contribution >= 0.6 is 0 Å². The molecule has 0 atom stereocenters. The molecule has 0 spiro atoms. The number of H-pyrrole nitrogens is 1. The quantitative estimate of drug-likeness (QED) is 0.499. The molecule has 0 radical (unpaired) electrons. The van der Waals surface area contributed by atoms with Gasteiger partial charge in [-0.3, -0.25) is 4.79 Å². The monoisotopic (exact) mass is 388 g/mol. The molecule has 0 bridgehead atoms. The summed E-state index contributed by atoms with van der Waals surface area (Å²) in [4.78, 5) is 29.1. The van der Waals surface area contributed by atoms with Gasteiger partial charge in [0.2, 0.25) is 0 Å². The topological polar surface area (TPSA) is 95.6 Å². The van der Waals surface area contributed by atoms with Crippen molar-refractivity contribution in [1.29, 1.82) is 0 Å². The minimum Gasteiger partial charge on any atom is -0.362 e. The Morgan fingerprint density at radius 3 is 2.79 bits per heavy atom. The van der Waals surface area contributed by atoms with Gasteiger partial charge in [-0.2, -0.15) is 0 Å². The van der Waals surface area contributed by atoms with Gasteiger partial charge in [-0.05, 0) is 24.6 Å². The first-order chi connectivity index (χ1) is 14.2. The third-order valence-corrected chi connectivity index (χ3v) is 4.83. The number of fused-ring (bicyclic) bond motifs is 2. The number of rotatable bonds is 4. The fraction of sp³-hybridized carbons (Fsp3) is 0.143. The molecule has 1 aliphatic heterocycles. The number of benzene rings is 2. The Morgan fingerprint density at radius 1 is 1.07 bits per heavy atom. The number of carbonyl (C=O) groups is 1. The first kappa shape index (κ1) is 17.3. The van der Waals surface area contributed by atoms with Gasteiger partial charge in [-0.25, -0.2) is 19.3 Å². The van der Waals surface area contributed by atoms with E-state index in [0.29, 0.717) is 53.7 Å². The smallest absolute Gasteiger partial charge is 0.270 e. The highest BCUT2D eigenvalue weighted by Crippen LogP contribution is 2.25. The molecule has 1 amide bonds. The van der Waals surface area contributed by atoms with Gasteiger partial charge in [-0.1, -0.05) is 30.3 Å². The summed E-state index contributed by atoms with van der Waals surface area (Å²) in [6.07, 6.45) is 0.643. The second kappa shape index (κ2) is 6.97. The predicted molar refractivity (Wildman–Crippen MR) is 107 cm³/mol. The largest absolute Gasteiger partial charge is 0.362 e. The highest BCUT2D eigenvalue weighted by molar-refractivity contribution is 5.96. The zero-order valence-corrected chi connectivity index (χ0v) is 15.4. The molecule has 0 unspecified atom stereocenters. The highest BCUT2D eigenvalue weighted by Gasteiger charge is 2.24. The van der Waals surface area contributed by atoms with E-state index in [4.69, 9.17) is 0 Å². The number of carbonyl (C=O) groups excluding carboxylic acids is 1. The number of aromatic amines is 1. The van der Waals surface area contributed by atoms with Crippen molar-refractivity contribution >= 4 is 22.8 Å². The molecule has 2 aromatic heterocycles. The molecule has 1 aliphatic rings. The number of nitrogens with zero attached hydrogens (tertiary/aromatic N) is 3. The number of nitrogens with one attached hydrogen (secondary N) is 3. The average Bonchev–Trinajstić information content (AvgIpc) is 3.15. The minimum atomic E-state index is -0.316. The molecule has 29 heavy (non-hydrogen) atoms. The van der Waals surface area contributed by atoms with Gasteiger partial charge in [0.1, 0.15) is 23.2 Å². The summed E-state index contributed by atoms with van der Waals surface area (Å²) < 4.78 is 13.4. The van der Waals surface area contributed by atoms with Crippen molar-refractivity contribution in [2.45, 2.75) is 13.0 Å². The number of amides is 1. The third kappa shape index (κ3) is 3.29. The molecule has 0 fully saturated rings. The maximum atomic E-state index is 13.4. The fourth-order valence-electron chi connectivity index (χ4n) is 3.44. The van der Waals surface area contributed by atoms with E-state index in [0.717, 1.165) is 11.1 Å². The number of hydrogen-bond donors (Lipinski definition) is 3. The Kier molecular flexibility index (Phi) is 4.16. The van der Waals surface area contributed by atoms with Crippen LogP contribution in [0.2, 0.25) is 0 Å². The van der Waals surface area contributed by atoms with Crippen molar-refractivity contribution in [2.24, 2.45) is 0 Å². The summed E-state index contributed by atoms with van der Waals surface area (Å²) in [5.74, 6) is 1.22. The maximum absolute atomic E-state index is 13.4. The van der Waals surface area contributed by atoms with Crippen LogP contribution in [-0.4, -0.2) is 32.4 Å². The molecule has 4 aromatic rings. The van der Waals surface area contributed by atoms with Crippen LogP contribution < -0.4 is 10.6 Å². The van der Waals surface area contributed by atoms with Crippen LogP contribution in [0.1, 0.15) is 21.9 Å². The molecule has 0 saturated heterocycles. The first-order valence-corrected chi connectivity index (χ1v) is 9.30. The first-order valence-electron chi connectivity index (χ1n) is 9.30. The second-order valence-electron chi connectivity index (χ2n) is 6.79. The summed E-state index contributed by atoms with van der Waals surface area (Å²) in [6.45, 7) is 0.897. The lowest BCUT2D eigenvalue weighted by atomic mass is 10.1. The lowest BCUT2D eigenvalue weighted by Crippen LogP contribution is -2.34. The molecular weight excluding hydrogens is 371 g/mol. The van der Waals surface area contributed by atoms with Crippen LogP contribution in [0, 0.1) is 5.82 Å². The lowest BCUT2D eigenvalue weighted by Gasteiger charge is -2.20. The third-order valence-electron chi connectivity index (χ3n) is 4.83. The van der Waals surface area contributed by atoms with E-state index < -0.39 is 0 Å². The predicted octanol–water partition coefficient (Wildman–Crippen LogP) is 3.06. The molecule has 0 saturated carbocycles. The van der Waals surface area contributed by atoms with Crippen LogP contribution in [0.3, 0.4) is 0 Å². The van der Waals surface area contributed by atoms with E-state index in [-0.39, 0.29) is 11.7 Å². The molecule has 3 heterocycles. The van der Waals surface area contributed by atoms with E-state index >= 15 is 0 Å². The fourth-order valence-corrected chi connectivity index (χ4v) is 3.44. The Morgan fingerprint density at radius 2 is 1.93 bits per heavy atom. The average molecular weight is 388 g/mol.